The second-order valence-electron chi connectivity index (χ2n) is 9.84. The molecule has 0 fully saturated rings. The zero-order valence-corrected chi connectivity index (χ0v) is 26.2. The van der Waals surface area contributed by atoms with Crippen molar-refractivity contribution in [3.05, 3.63) is 82.9 Å². The molecule has 0 radical (unpaired) electrons. The van der Waals surface area contributed by atoms with Crippen LogP contribution in [-0.2, 0) is 26.2 Å². The number of hydrogen-bond donors (Lipinski definition) is 1. The van der Waals surface area contributed by atoms with Crippen LogP contribution in [0.5, 0.6) is 11.5 Å². The molecular formula is C31H38ClN3O6S. The lowest BCUT2D eigenvalue weighted by molar-refractivity contribution is -0.139. The van der Waals surface area contributed by atoms with Crippen molar-refractivity contribution in [3.8, 4) is 11.5 Å². The topological polar surface area (TPSA) is 105 Å². The quantitative estimate of drug-likeness (QED) is 0.250. The first kappa shape index (κ1) is 32.8. The van der Waals surface area contributed by atoms with Gasteiger partial charge in [-0.05, 0) is 68.3 Å². The van der Waals surface area contributed by atoms with Gasteiger partial charge in [-0.3, -0.25) is 13.9 Å². The number of hydrogen-bond acceptors (Lipinski definition) is 6. The molecular weight excluding hydrogens is 578 g/mol. The van der Waals surface area contributed by atoms with Crippen LogP contribution in [0.2, 0.25) is 5.02 Å². The second kappa shape index (κ2) is 14.9. The molecule has 1 atom stereocenters. The summed E-state index contributed by atoms with van der Waals surface area (Å²) >= 11 is 6.37. The number of halogens is 1. The first-order chi connectivity index (χ1) is 20.0. The highest BCUT2D eigenvalue weighted by Crippen LogP contribution is 2.32. The Labute approximate surface area is 253 Å². The smallest absolute Gasteiger partial charge is 0.264 e. The number of methoxy groups -OCH3 is 2. The standard InChI is InChI=1S/C31H38ClN3O6S/c1-6-7-17-33-31(37)23(3)34(20-24-9-8-10-26(18-24)40-4)30(36)21-35(25-13-16-29(41-5)28(32)19-25)42(38,39)27-14-11-22(2)12-15-27/h8-16,18-19,23H,6-7,17,20-21H2,1-5H3,(H,33,37)/t23-/m0/s1. The van der Waals surface area contributed by atoms with Crippen LogP contribution in [0.15, 0.2) is 71.6 Å². The number of carbonyl (C=O) groups is 2. The van der Waals surface area contributed by atoms with E-state index in [4.69, 9.17) is 21.1 Å². The van der Waals surface area contributed by atoms with Crippen molar-refractivity contribution >= 4 is 39.1 Å². The third-order valence-electron chi connectivity index (χ3n) is 6.80. The molecule has 0 unspecified atom stereocenters. The Balaban J connectivity index is 2.05. The summed E-state index contributed by atoms with van der Waals surface area (Å²) in [5.41, 5.74) is 1.78. The lowest BCUT2D eigenvalue weighted by Gasteiger charge is -2.32. The van der Waals surface area contributed by atoms with E-state index in [0.29, 0.717) is 18.0 Å². The van der Waals surface area contributed by atoms with E-state index in [-0.39, 0.29) is 28.1 Å². The van der Waals surface area contributed by atoms with E-state index in [0.717, 1.165) is 28.3 Å². The number of amides is 2. The third-order valence-corrected chi connectivity index (χ3v) is 8.88. The molecule has 3 aromatic carbocycles. The molecule has 0 aromatic heterocycles. The Kier molecular flexibility index (Phi) is 11.6. The predicted octanol–water partition coefficient (Wildman–Crippen LogP) is 5.19. The van der Waals surface area contributed by atoms with Crippen LogP contribution in [0, 0.1) is 6.92 Å². The highest BCUT2D eigenvalue weighted by molar-refractivity contribution is 7.92. The van der Waals surface area contributed by atoms with Crippen molar-refractivity contribution in [2.75, 3.05) is 31.6 Å². The number of sulfonamides is 1. The molecule has 0 aliphatic carbocycles. The molecule has 1 N–H and O–H groups in total. The minimum atomic E-state index is -4.22. The third kappa shape index (κ3) is 8.17. The van der Waals surface area contributed by atoms with Gasteiger partial charge in [0.1, 0.15) is 24.1 Å². The van der Waals surface area contributed by atoms with Gasteiger partial charge in [0.2, 0.25) is 11.8 Å². The number of ether oxygens (including phenoxy) is 2. The Hall–Kier alpha value is -3.76. The van der Waals surface area contributed by atoms with E-state index in [1.807, 2.05) is 19.9 Å². The van der Waals surface area contributed by atoms with Crippen molar-refractivity contribution in [1.82, 2.24) is 10.2 Å². The zero-order valence-electron chi connectivity index (χ0n) is 24.6. The molecule has 11 heteroatoms. The fraction of sp³-hybridized carbons (Fsp3) is 0.355. The number of benzene rings is 3. The minimum Gasteiger partial charge on any atom is -0.497 e. The fourth-order valence-electron chi connectivity index (χ4n) is 4.26. The van der Waals surface area contributed by atoms with E-state index in [9.17, 15) is 18.0 Å². The number of unbranched alkanes of at least 4 members (excludes halogenated alkanes) is 1. The average Bonchev–Trinajstić information content (AvgIpc) is 2.98. The van der Waals surface area contributed by atoms with Gasteiger partial charge in [-0.1, -0.05) is 54.8 Å². The van der Waals surface area contributed by atoms with Crippen LogP contribution in [0.25, 0.3) is 0 Å². The molecule has 42 heavy (non-hydrogen) atoms. The van der Waals surface area contributed by atoms with E-state index < -0.39 is 28.5 Å². The van der Waals surface area contributed by atoms with Gasteiger partial charge >= 0.3 is 0 Å². The normalized spacial score (nSPS) is 11.9. The van der Waals surface area contributed by atoms with Gasteiger partial charge in [0.15, 0.2) is 0 Å². The number of nitrogens with one attached hydrogen (secondary N) is 1. The van der Waals surface area contributed by atoms with Gasteiger partial charge < -0.3 is 19.7 Å². The summed E-state index contributed by atoms with van der Waals surface area (Å²) in [5, 5.41) is 3.06. The van der Waals surface area contributed by atoms with Crippen LogP contribution in [0.4, 0.5) is 5.69 Å². The molecule has 226 valence electrons. The van der Waals surface area contributed by atoms with Crippen molar-refractivity contribution in [2.24, 2.45) is 0 Å². The van der Waals surface area contributed by atoms with Crippen LogP contribution in [-0.4, -0.2) is 58.5 Å². The van der Waals surface area contributed by atoms with Gasteiger partial charge in [-0.2, -0.15) is 0 Å². The lowest BCUT2D eigenvalue weighted by atomic mass is 10.1. The van der Waals surface area contributed by atoms with E-state index >= 15 is 0 Å². The van der Waals surface area contributed by atoms with E-state index in [1.54, 1.807) is 44.4 Å². The largest absolute Gasteiger partial charge is 0.497 e. The molecule has 0 saturated carbocycles. The minimum absolute atomic E-state index is 0.0116. The van der Waals surface area contributed by atoms with E-state index in [2.05, 4.69) is 5.32 Å². The Bertz CT molecular complexity index is 1480. The first-order valence-corrected chi connectivity index (χ1v) is 15.5. The number of rotatable bonds is 14. The number of anilines is 1. The van der Waals surface area contributed by atoms with Crippen molar-refractivity contribution in [1.29, 1.82) is 0 Å². The Morgan fingerprint density at radius 2 is 1.71 bits per heavy atom. The highest BCUT2D eigenvalue weighted by atomic mass is 35.5. The molecule has 0 saturated heterocycles. The molecule has 2 amide bonds. The van der Waals surface area contributed by atoms with E-state index in [1.165, 1.54) is 42.3 Å². The molecule has 3 rings (SSSR count). The summed E-state index contributed by atoms with van der Waals surface area (Å²) in [6, 6.07) is 17.1. The van der Waals surface area contributed by atoms with Gasteiger partial charge in [0, 0.05) is 13.1 Å². The molecule has 0 heterocycles. The van der Waals surface area contributed by atoms with Crippen LogP contribution in [0.1, 0.15) is 37.8 Å². The number of aryl methyl sites for hydroxylation is 1. The van der Waals surface area contributed by atoms with Crippen molar-refractivity contribution in [2.45, 2.75) is 51.1 Å². The number of carbonyl (C=O) groups excluding carboxylic acids is 2. The van der Waals surface area contributed by atoms with Gasteiger partial charge in [0.25, 0.3) is 10.0 Å². The Morgan fingerprint density at radius 1 is 1.00 bits per heavy atom. The summed E-state index contributed by atoms with van der Waals surface area (Å²) in [5.74, 6) is 0.0477. The Morgan fingerprint density at radius 3 is 2.33 bits per heavy atom. The molecule has 0 spiro atoms. The molecule has 0 bridgehead atoms. The fourth-order valence-corrected chi connectivity index (χ4v) is 5.92. The maximum Gasteiger partial charge on any atom is 0.264 e. The monoisotopic (exact) mass is 615 g/mol. The van der Waals surface area contributed by atoms with Crippen LogP contribution in [0.3, 0.4) is 0 Å². The van der Waals surface area contributed by atoms with Crippen molar-refractivity contribution < 1.29 is 27.5 Å². The second-order valence-corrected chi connectivity index (χ2v) is 12.1. The van der Waals surface area contributed by atoms with Gasteiger partial charge in [0.05, 0.1) is 29.8 Å². The predicted molar refractivity (Wildman–Crippen MR) is 165 cm³/mol. The van der Waals surface area contributed by atoms with Crippen LogP contribution < -0.4 is 19.1 Å². The summed E-state index contributed by atoms with van der Waals surface area (Å²) in [6.07, 6.45) is 1.69. The summed E-state index contributed by atoms with van der Waals surface area (Å²) in [6.45, 7) is 5.45. The van der Waals surface area contributed by atoms with Gasteiger partial charge in [-0.15, -0.1) is 0 Å². The molecule has 0 aliphatic heterocycles. The maximum absolute atomic E-state index is 14.1. The van der Waals surface area contributed by atoms with Crippen LogP contribution >= 0.6 is 11.6 Å². The summed E-state index contributed by atoms with van der Waals surface area (Å²) < 4.78 is 39.5. The maximum atomic E-state index is 14.1. The zero-order chi connectivity index (χ0) is 30.9. The van der Waals surface area contributed by atoms with Crippen molar-refractivity contribution in [3.63, 3.8) is 0 Å². The lowest BCUT2D eigenvalue weighted by Crippen LogP contribution is -2.51. The summed E-state index contributed by atoms with van der Waals surface area (Å²) in [7, 11) is -1.22. The average molecular weight is 616 g/mol. The highest BCUT2D eigenvalue weighted by Gasteiger charge is 2.33. The molecule has 3 aromatic rings. The SMILES string of the molecule is CCCCNC(=O)[C@H](C)N(Cc1cccc(OC)c1)C(=O)CN(c1ccc(OC)c(Cl)c1)S(=O)(=O)c1ccc(C)cc1. The molecule has 0 aliphatic rings. The first-order valence-electron chi connectivity index (χ1n) is 13.6. The summed E-state index contributed by atoms with van der Waals surface area (Å²) in [4.78, 5) is 28.5. The number of nitrogens with zero attached hydrogens (tertiary/aromatic N) is 2. The molecule has 9 nitrogen and oxygen atoms in total. The van der Waals surface area contributed by atoms with Gasteiger partial charge in [-0.25, -0.2) is 8.42 Å².